The molecule has 3 rings (SSSR count). The van der Waals surface area contributed by atoms with Crippen LogP contribution in [0.25, 0.3) is 11.3 Å². The molecule has 1 aromatic carbocycles. The Labute approximate surface area is 144 Å². The van der Waals surface area contributed by atoms with Crippen molar-refractivity contribution in [2.45, 2.75) is 13.8 Å². The number of amides is 1. The quantitative estimate of drug-likeness (QED) is 0.758. The van der Waals surface area contributed by atoms with E-state index in [1.165, 1.54) is 11.3 Å². The topological polar surface area (TPSA) is 64.1 Å². The number of nitrogens with zero attached hydrogens (tertiary/aromatic N) is 2. The highest BCUT2D eigenvalue weighted by molar-refractivity contribution is 7.12. The second kappa shape index (κ2) is 7.23. The highest BCUT2D eigenvalue weighted by atomic mass is 32.1. The molecule has 2 heterocycles. The fourth-order valence-electron chi connectivity index (χ4n) is 2.29. The molecule has 2 aromatic heterocycles. The normalized spacial score (nSPS) is 10.4. The van der Waals surface area contributed by atoms with Crippen molar-refractivity contribution in [3.8, 4) is 17.0 Å². The summed E-state index contributed by atoms with van der Waals surface area (Å²) < 4.78 is 5.47. The van der Waals surface area contributed by atoms with Crippen LogP contribution in [0.1, 0.15) is 22.4 Å². The van der Waals surface area contributed by atoms with Crippen molar-refractivity contribution in [1.82, 2.24) is 9.97 Å². The fraction of sp³-hybridized carbons (Fsp3) is 0.167. The highest BCUT2D eigenvalue weighted by Gasteiger charge is 2.14. The van der Waals surface area contributed by atoms with Crippen LogP contribution in [0.5, 0.6) is 5.75 Å². The first-order valence-corrected chi connectivity index (χ1v) is 8.47. The molecule has 0 aliphatic rings. The summed E-state index contributed by atoms with van der Waals surface area (Å²) in [6, 6.07) is 11.2. The Morgan fingerprint density at radius 1 is 1.29 bits per heavy atom. The van der Waals surface area contributed by atoms with Crippen molar-refractivity contribution < 1.29 is 9.53 Å². The largest absolute Gasteiger partial charge is 0.492 e. The van der Waals surface area contributed by atoms with Gasteiger partial charge in [0.05, 0.1) is 12.3 Å². The minimum Gasteiger partial charge on any atom is -0.492 e. The van der Waals surface area contributed by atoms with Gasteiger partial charge in [0.1, 0.15) is 16.5 Å². The van der Waals surface area contributed by atoms with Crippen molar-refractivity contribution in [1.29, 1.82) is 0 Å². The van der Waals surface area contributed by atoms with Gasteiger partial charge in [0.25, 0.3) is 5.91 Å². The number of hydrogen-bond donors (Lipinski definition) is 1. The Hall–Kier alpha value is -2.73. The third-order valence-corrected chi connectivity index (χ3v) is 4.22. The number of aromatic nitrogens is 2. The summed E-state index contributed by atoms with van der Waals surface area (Å²) in [4.78, 5) is 21.5. The lowest BCUT2D eigenvalue weighted by Crippen LogP contribution is -2.11. The molecular weight excluding hydrogens is 322 g/mol. The van der Waals surface area contributed by atoms with Gasteiger partial charge in [0.15, 0.2) is 0 Å². The van der Waals surface area contributed by atoms with Gasteiger partial charge in [0.2, 0.25) is 0 Å². The molecule has 5 nitrogen and oxygen atoms in total. The molecule has 0 unspecified atom stereocenters. The molecule has 6 heteroatoms. The molecule has 0 atom stereocenters. The first kappa shape index (κ1) is 16.1. The van der Waals surface area contributed by atoms with Crippen LogP contribution in [-0.4, -0.2) is 22.5 Å². The number of aryl methyl sites for hydroxylation is 1. The highest BCUT2D eigenvalue weighted by Crippen LogP contribution is 2.27. The van der Waals surface area contributed by atoms with Gasteiger partial charge in [-0.25, -0.2) is 9.97 Å². The number of thiophene rings is 1. The van der Waals surface area contributed by atoms with Crippen molar-refractivity contribution >= 4 is 22.9 Å². The van der Waals surface area contributed by atoms with E-state index in [2.05, 4.69) is 15.3 Å². The van der Waals surface area contributed by atoms with Crippen LogP contribution in [0, 0.1) is 6.92 Å². The van der Waals surface area contributed by atoms with Gasteiger partial charge in [-0.2, -0.15) is 0 Å². The minimum absolute atomic E-state index is 0.176. The van der Waals surface area contributed by atoms with Crippen molar-refractivity contribution in [2.75, 3.05) is 11.9 Å². The van der Waals surface area contributed by atoms with Gasteiger partial charge in [-0.15, -0.1) is 11.3 Å². The van der Waals surface area contributed by atoms with Gasteiger partial charge >= 0.3 is 0 Å². The maximum Gasteiger partial charge on any atom is 0.269 e. The molecule has 1 amide bonds. The van der Waals surface area contributed by atoms with Crippen LogP contribution in [0.3, 0.4) is 0 Å². The van der Waals surface area contributed by atoms with Gasteiger partial charge < -0.3 is 10.1 Å². The van der Waals surface area contributed by atoms with Crippen LogP contribution in [0.2, 0.25) is 0 Å². The van der Waals surface area contributed by atoms with E-state index < -0.39 is 0 Å². The van der Waals surface area contributed by atoms with E-state index in [1.54, 1.807) is 6.20 Å². The minimum atomic E-state index is -0.176. The molecule has 0 bridgehead atoms. The van der Waals surface area contributed by atoms with E-state index in [4.69, 9.17) is 4.74 Å². The number of rotatable bonds is 5. The van der Waals surface area contributed by atoms with Crippen molar-refractivity contribution in [3.63, 3.8) is 0 Å². The maximum atomic E-state index is 12.5. The van der Waals surface area contributed by atoms with E-state index in [0.29, 0.717) is 28.7 Å². The number of carbonyl (C=O) groups is 1. The monoisotopic (exact) mass is 339 g/mol. The molecule has 3 aromatic rings. The van der Waals surface area contributed by atoms with E-state index in [9.17, 15) is 4.79 Å². The number of ether oxygens (including phenoxy) is 1. The number of anilines is 1. The molecular formula is C18H17N3O2S. The zero-order chi connectivity index (χ0) is 16.9. The second-order valence-corrected chi connectivity index (χ2v) is 5.99. The molecule has 0 aliphatic carbocycles. The van der Waals surface area contributed by atoms with Crippen LogP contribution >= 0.6 is 11.3 Å². The van der Waals surface area contributed by atoms with E-state index in [1.807, 2.05) is 55.6 Å². The van der Waals surface area contributed by atoms with E-state index >= 15 is 0 Å². The lowest BCUT2D eigenvalue weighted by Gasteiger charge is -2.08. The SMILES string of the molecule is CCOc1ccsc1C(=O)Nc1cccc(-c2ccnc(C)n2)c1. The Morgan fingerprint density at radius 2 is 2.17 bits per heavy atom. The van der Waals surface area contributed by atoms with E-state index in [0.717, 1.165) is 11.3 Å². The summed E-state index contributed by atoms with van der Waals surface area (Å²) in [6.07, 6.45) is 1.73. The van der Waals surface area contributed by atoms with Crippen LogP contribution in [-0.2, 0) is 0 Å². The van der Waals surface area contributed by atoms with E-state index in [-0.39, 0.29) is 5.91 Å². The zero-order valence-electron chi connectivity index (χ0n) is 13.4. The molecule has 0 fully saturated rings. The molecule has 0 aliphatic heterocycles. The van der Waals surface area contributed by atoms with Crippen LogP contribution < -0.4 is 10.1 Å². The van der Waals surface area contributed by atoms with Crippen molar-refractivity contribution in [3.05, 3.63) is 58.7 Å². The molecule has 24 heavy (non-hydrogen) atoms. The predicted molar refractivity (Wildman–Crippen MR) is 95.6 cm³/mol. The second-order valence-electron chi connectivity index (χ2n) is 5.07. The average Bonchev–Trinajstić information content (AvgIpc) is 3.04. The van der Waals surface area contributed by atoms with Crippen LogP contribution in [0.15, 0.2) is 48.0 Å². The summed E-state index contributed by atoms with van der Waals surface area (Å²) in [6.45, 7) is 4.27. The Morgan fingerprint density at radius 3 is 2.96 bits per heavy atom. The molecule has 0 radical (unpaired) electrons. The van der Waals surface area contributed by atoms with Gasteiger partial charge in [-0.05, 0) is 43.5 Å². The summed E-state index contributed by atoms with van der Waals surface area (Å²) in [5, 5.41) is 4.76. The summed E-state index contributed by atoms with van der Waals surface area (Å²) in [7, 11) is 0. The maximum absolute atomic E-state index is 12.5. The zero-order valence-corrected chi connectivity index (χ0v) is 14.3. The average molecular weight is 339 g/mol. The first-order valence-electron chi connectivity index (χ1n) is 7.59. The summed E-state index contributed by atoms with van der Waals surface area (Å²) in [5.74, 6) is 1.15. The third kappa shape index (κ3) is 3.60. The number of carbonyl (C=O) groups excluding carboxylic acids is 1. The number of hydrogen-bond acceptors (Lipinski definition) is 5. The molecule has 0 spiro atoms. The lowest BCUT2D eigenvalue weighted by molar-refractivity contribution is 0.102. The molecule has 122 valence electrons. The number of benzene rings is 1. The molecule has 0 saturated heterocycles. The Kier molecular flexibility index (Phi) is 4.86. The third-order valence-electron chi connectivity index (χ3n) is 3.33. The number of nitrogens with one attached hydrogen (secondary N) is 1. The molecule has 0 saturated carbocycles. The van der Waals surface area contributed by atoms with Crippen molar-refractivity contribution in [2.24, 2.45) is 0 Å². The summed E-state index contributed by atoms with van der Waals surface area (Å²) >= 11 is 1.36. The smallest absolute Gasteiger partial charge is 0.269 e. The van der Waals surface area contributed by atoms with Gasteiger partial charge in [-0.1, -0.05) is 12.1 Å². The standard InChI is InChI=1S/C18H17N3O2S/c1-3-23-16-8-10-24-17(16)18(22)21-14-6-4-5-13(11-14)15-7-9-19-12(2)20-15/h4-11H,3H2,1-2H3,(H,21,22). The predicted octanol–water partition coefficient (Wildman–Crippen LogP) is 4.16. The molecule has 1 N–H and O–H groups in total. The van der Waals surface area contributed by atoms with Gasteiger partial charge in [-0.3, -0.25) is 4.79 Å². The lowest BCUT2D eigenvalue weighted by atomic mass is 10.1. The fourth-order valence-corrected chi connectivity index (χ4v) is 3.02. The van der Waals surface area contributed by atoms with Gasteiger partial charge in [0, 0.05) is 17.4 Å². The Balaban J connectivity index is 1.82. The Bertz CT molecular complexity index is 861. The summed E-state index contributed by atoms with van der Waals surface area (Å²) in [5.41, 5.74) is 2.46. The first-order chi connectivity index (χ1) is 11.7. The van der Waals surface area contributed by atoms with Crippen LogP contribution in [0.4, 0.5) is 5.69 Å².